The minimum Gasteiger partial charge on any atom is -0.389 e. The Labute approximate surface area is 94.9 Å². The summed E-state index contributed by atoms with van der Waals surface area (Å²) in [5.74, 6) is 3.22. The number of hydrogen-bond acceptors (Lipinski definition) is 2. The van der Waals surface area contributed by atoms with Crippen LogP contribution in [-0.4, -0.2) is 22.2 Å². The topological polar surface area (TPSA) is 20.2 Å². The second-order valence-corrected chi connectivity index (χ2v) is 5.87. The maximum atomic E-state index is 10.4. The Balaban J connectivity index is 1.74. The molecule has 0 amide bonds. The van der Waals surface area contributed by atoms with E-state index in [0.717, 1.165) is 17.9 Å². The third kappa shape index (κ3) is 1.70. The third-order valence-corrected chi connectivity index (χ3v) is 4.94. The highest BCUT2D eigenvalue weighted by Gasteiger charge is 2.53. The molecular weight excluding hydrogens is 204 g/mol. The van der Waals surface area contributed by atoms with Gasteiger partial charge in [0.15, 0.2) is 0 Å². The van der Waals surface area contributed by atoms with Crippen LogP contribution in [0.3, 0.4) is 0 Å². The first-order valence-electron chi connectivity index (χ1n) is 5.65. The number of hydrogen-bond donors (Lipinski definition) is 1. The smallest absolute Gasteiger partial charge is 0.0779 e. The Morgan fingerprint density at radius 3 is 2.73 bits per heavy atom. The van der Waals surface area contributed by atoms with Crippen molar-refractivity contribution in [3.05, 3.63) is 35.9 Å². The van der Waals surface area contributed by atoms with E-state index in [4.69, 9.17) is 0 Å². The molecule has 15 heavy (non-hydrogen) atoms. The van der Waals surface area contributed by atoms with Crippen LogP contribution in [0.5, 0.6) is 0 Å². The van der Waals surface area contributed by atoms with Gasteiger partial charge in [-0.25, -0.2) is 0 Å². The van der Waals surface area contributed by atoms with Gasteiger partial charge in [0, 0.05) is 5.75 Å². The van der Waals surface area contributed by atoms with Crippen LogP contribution in [0.4, 0.5) is 0 Å². The van der Waals surface area contributed by atoms with Crippen LogP contribution >= 0.6 is 11.8 Å². The summed E-state index contributed by atoms with van der Waals surface area (Å²) < 4.78 is 0. The lowest BCUT2D eigenvalue weighted by molar-refractivity contribution is 0.0428. The van der Waals surface area contributed by atoms with Gasteiger partial charge in [-0.2, -0.15) is 11.8 Å². The molecule has 80 valence electrons. The highest BCUT2D eigenvalue weighted by molar-refractivity contribution is 7.99. The van der Waals surface area contributed by atoms with Crippen molar-refractivity contribution < 1.29 is 5.11 Å². The monoisotopic (exact) mass is 220 g/mol. The summed E-state index contributed by atoms with van der Waals surface area (Å²) in [6, 6.07) is 10.6. The lowest BCUT2D eigenvalue weighted by Crippen LogP contribution is -2.31. The van der Waals surface area contributed by atoms with Gasteiger partial charge in [0.05, 0.1) is 5.60 Å². The standard InChI is InChI=1S/C13H16OS/c14-13(6-7-15-9-13)12-8-11(12)10-4-2-1-3-5-10/h1-5,11-12,14H,6-9H2. The van der Waals surface area contributed by atoms with Gasteiger partial charge < -0.3 is 5.11 Å². The molecule has 1 N–H and O–H groups in total. The molecule has 1 aromatic rings. The van der Waals surface area contributed by atoms with Crippen LogP contribution < -0.4 is 0 Å². The molecule has 1 saturated carbocycles. The van der Waals surface area contributed by atoms with Crippen LogP contribution in [0.1, 0.15) is 24.3 Å². The third-order valence-electron chi connectivity index (χ3n) is 3.74. The van der Waals surface area contributed by atoms with Gasteiger partial charge in [-0.05, 0) is 36.0 Å². The summed E-state index contributed by atoms with van der Waals surface area (Å²) in [6.07, 6.45) is 2.17. The normalized spacial score (nSPS) is 39.3. The lowest BCUT2D eigenvalue weighted by atomic mass is 9.94. The van der Waals surface area contributed by atoms with Crippen molar-refractivity contribution in [1.82, 2.24) is 0 Å². The number of rotatable bonds is 2. The van der Waals surface area contributed by atoms with Crippen LogP contribution in [-0.2, 0) is 0 Å². The van der Waals surface area contributed by atoms with Crippen molar-refractivity contribution in [2.24, 2.45) is 5.92 Å². The average molecular weight is 220 g/mol. The molecule has 0 aromatic heterocycles. The molecule has 2 heteroatoms. The molecule has 1 aromatic carbocycles. The molecule has 1 saturated heterocycles. The molecule has 3 atom stereocenters. The highest BCUT2D eigenvalue weighted by Crippen LogP contribution is 2.56. The fraction of sp³-hybridized carbons (Fsp3) is 0.538. The van der Waals surface area contributed by atoms with Crippen LogP contribution in [0, 0.1) is 5.92 Å². The first-order valence-corrected chi connectivity index (χ1v) is 6.80. The van der Waals surface area contributed by atoms with E-state index in [1.54, 1.807) is 0 Å². The number of aliphatic hydroxyl groups is 1. The Bertz CT molecular complexity index is 343. The van der Waals surface area contributed by atoms with Crippen LogP contribution in [0.25, 0.3) is 0 Å². The summed E-state index contributed by atoms with van der Waals surface area (Å²) in [7, 11) is 0. The van der Waals surface area contributed by atoms with Gasteiger partial charge in [-0.1, -0.05) is 30.3 Å². The minimum atomic E-state index is -0.356. The average Bonchev–Trinajstić information content (AvgIpc) is 2.98. The molecule has 3 rings (SSSR count). The first-order chi connectivity index (χ1) is 7.30. The van der Waals surface area contributed by atoms with Crippen LogP contribution in [0.2, 0.25) is 0 Å². The molecule has 3 unspecified atom stereocenters. The van der Waals surface area contributed by atoms with E-state index in [1.165, 1.54) is 12.0 Å². The van der Waals surface area contributed by atoms with Gasteiger partial charge in [0.25, 0.3) is 0 Å². The van der Waals surface area contributed by atoms with Gasteiger partial charge in [-0.15, -0.1) is 0 Å². The molecule has 1 aliphatic carbocycles. The van der Waals surface area contributed by atoms with E-state index < -0.39 is 0 Å². The summed E-state index contributed by atoms with van der Waals surface area (Å²) in [5.41, 5.74) is 1.05. The molecule has 0 bridgehead atoms. The maximum absolute atomic E-state index is 10.4. The number of benzene rings is 1. The SMILES string of the molecule is OC1(C2CC2c2ccccc2)CCSC1. The van der Waals surface area contributed by atoms with Gasteiger partial charge in [-0.3, -0.25) is 0 Å². The summed E-state index contributed by atoms with van der Waals surface area (Å²) in [6.45, 7) is 0. The van der Waals surface area contributed by atoms with Crippen LogP contribution in [0.15, 0.2) is 30.3 Å². The molecule has 0 spiro atoms. The summed E-state index contributed by atoms with van der Waals surface area (Å²) in [4.78, 5) is 0. The molecule has 1 nitrogen and oxygen atoms in total. The molecule has 2 aliphatic rings. The molecule has 1 heterocycles. The van der Waals surface area contributed by atoms with Crippen molar-refractivity contribution in [3.63, 3.8) is 0 Å². The fourth-order valence-corrected chi connectivity index (χ4v) is 4.07. The maximum Gasteiger partial charge on any atom is 0.0779 e. The van der Waals surface area contributed by atoms with Crippen molar-refractivity contribution in [2.45, 2.75) is 24.4 Å². The molecule has 1 aliphatic heterocycles. The van der Waals surface area contributed by atoms with E-state index in [2.05, 4.69) is 30.3 Å². The zero-order valence-corrected chi connectivity index (χ0v) is 9.54. The minimum absolute atomic E-state index is 0.356. The predicted molar refractivity (Wildman–Crippen MR) is 64.2 cm³/mol. The van der Waals surface area contributed by atoms with E-state index in [1.807, 2.05) is 11.8 Å². The molecule has 0 radical (unpaired) electrons. The zero-order valence-electron chi connectivity index (χ0n) is 8.73. The second kappa shape index (κ2) is 3.53. The van der Waals surface area contributed by atoms with E-state index in [0.29, 0.717) is 11.8 Å². The predicted octanol–water partition coefficient (Wildman–Crippen LogP) is 2.66. The Morgan fingerprint density at radius 1 is 1.27 bits per heavy atom. The Morgan fingerprint density at radius 2 is 2.07 bits per heavy atom. The summed E-state index contributed by atoms with van der Waals surface area (Å²) in [5, 5.41) is 10.4. The number of thioether (sulfide) groups is 1. The second-order valence-electron chi connectivity index (χ2n) is 4.77. The van der Waals surface area contributed by atoms with Crippen molar-refractivity contribution in [2.75, 3.05) is 11.5 Å². The van der Waals surface area contributed by atoms with E-state index in [9.17, 15) is 5.11 Å². The van der Waals surface area contributed by atoms with Crippen molar-refractivity contribution >= 4 is 11.8 Å². The van der Waals surface area contributed by atoms with Crippen molar-refractivity contribution in [1.29, 1.82) is 0 Å². The zero-order chi connectivity index (χ0) is 10.3. The lowest BCUT2D eigenvalue weighted by Gasteiger charge is -2.21. The first kappa shape index (κ1) is 9.73. The Kier molecular flexibility index (Phi) is 2.29. The van der Waals surface area contributed by atoms with Crippen molar-refractivity contribution in [3.8, 4) is 0 Å². The molecular formula is C13H16OS. The largest absolute Gasteiger partial charge is 0.389 e. The quantitative estimate of drug-likeness (QED) is 0.827. The van der Waals surface area contributed by atoms with E-state index in [-0.39, 0.29) is 5.60 Å². The fourth-order valence-electron chi connectivity index (χ4n) is 2.72. The molecule has 2 fully saturated rings. The van der Waals surface area contributed by atoms with E-state index >= 15 is 0 Å². The van der Waals surface area contributed by atoms with Gasteiger partial charge in [0.1, 0.15) is 0 Å². The summed E-state index contributed by atoms with van der Waals surface area (Å²) >= 11 is 1.90. The van der Waals surface area contributed by atoms with Gasteiger partial charge >= 0.3 is 0 Å². The van der Waals surface area contributed by atoms with Gasteiger partial charge in [0.2, 0.25) is 0 Å². The Hall–Kier alpha value is -0.470. The highest BCUT2D eigenvalue weighted by atomic mass is 32.2.